The van der Waals surface area contributed by atoms with Crippen LogP contribution in [0.15, 0.2) is 48.5 Å². The van der Waals surface area contributed by atoms with Crippen LogP contribution >= 0.6 is 11.6 Å². The molecule has 0 bridgehead atoms. The molecule has 0 aliphatic rings. The Kier molecular flexibility index (Phi) is 6.33. The van der Waals surface area contributed by atoms with Gasteiger partial charge in [-0.25, -0.2) is 8.78 Å². The van der Waals surface area contributed by atoms with Crippen LogP contribution in [0, 0.1) is 0 Å². The molecular formula is C17H18ClF2NO2. The van der Waals surface area contributed by atoms with E-state index in [0.29, 0.717) is 16.3 Å². The topological polar surface area (TPSA) is 55.5 Å². The molecule has 0 radical (unpaired) electrons. The van der Waals surface area contributed by atoms with Crippen LogP contribution in [0.4, 0.5) is 8.78 Å². The molecule has 3 N–H and O–H groups in total. The van der Waals surface area contributed by atoms with E-state index in [9.17, 15) is 13.9 Å². The second-order valence-electron chi connectivity index (χ2n) is 5.14. The van der Waals surface area contributed by atoms with Crippen molar-refractivity contribution in [2.75, 3.05) is 13.3 Å². The fourth-order valence-corrected chi connectivity index (χ4v) is 2.24. The van der Waals surface area contributed by atoms with Gasteiger partial charge in [-0.3, -0.25) is 0 Å². The molecule has 0 aromatic heterocycles. The maximum atomic E-state index is 12.4. The minimum atomic E-state index is -1.11. The van der Waals surface area contributed by atoms with Gasteiger partial charge in [0.05, 0.1) is 12.1 Å². The van der Waals surface area contributed by atoms with Gasteiger partial charge in [0.15, 0.2) is 6.10 Å². The summed E-state index contributed by atoms with van der Waals surface area (Å²) in [6, 6.07) is 12.6. The molecule has 2 aromatic carbocycles. The predicted octanol–water partition coefficient (Wildman–Crippen LogP) is 3.76. The van der Waals surface area contributed by atoms with Crippen molar-refractivity contribution in [1.29, 1.82) is 0 Å². The highest BCUT2D eigenvalue weighted by molar-refractivity contribution is 6.30. The Morgan fingerprint density at radius 1 is 0.957 bits per heavy atom. The van der Waals surface area contributed by atoms with E-state index in [1.165, 1.54) is 0 Å². The number of aliphatic hydroxyl groups is 1. The Labute approximate surface area is 138 Å². The van der Waals surface area contributed by atoms with Crippen LogP contribution in [0.2, 0.25) is 5.02 Å². The van der Waals surface area contributed by atoms with Crippen molar-refractivity contribution in [2.24, 2.45) is 5.73 Å². The van der Waals surface area contributed by atoms with E-state index >= 15 is 0 Å². The lowest BCUT2D eigenvalue weighted by Gasteiger charge is -2.20. The molecule has 2 atom stereocenters. The number of ether oxygens (including phenoxy) is 1. The predicted molar refractivity (Wildman–Crippen MR) is 86.1 cm³/mol. The number of hydrogen-bond acceptors (Lipinski definition) is 3. The van der Waals surface area contributed by atoms with E-state index in [1.54, 1.807) is 48.5 Å². The van der Waals surface area contributed by atoms with Crippen LogP contribution in [0.3, 0.4) is 0 Å². The van der Waals surface area contributed by atoms with Crippen molar-refractivity contribution >= 4 is 11.6 Å². The fourth-order valence-electron chi connectivity index (χ4n) is 2.11. The Hall–Kier alpha value is -1.69. The first-order valence-electron chi connectivity index (χ1n) is 7.12. The summed E-state index contributed by atoms with van der Waals surface area (Å²) >= 11 is 5.83. The molecule has 2 rings (SSSR count). The maximum Gasteiger partial charge on any atom is 0.155 e. The normalized spacial score (nSPS) is 13.8. The van der Waals surface area contributed by atoms with Crippen LogP contribution < -0.4 is 10.5 Å². The number of halogens is 3. The summed E-state index contributed by atoms with van der Waals surface area (Å²) in [7, 11) is 0. The van der Waals surface area contributed by atoms with Gasteiger partial charge >= 0.3 is 0 Å². The van der Waals surface area contributed by atoms with Crippen molar-refractivity contribution in [2.45, 2.75) is 18.2 Å². The lowest BCUT2D eigenvalue weighted by molar-refractivity contribution is 0.132. The van der Waals surface area contributed by atoms with Crippen molar-refractivity contribution in [3.05, 3.63) is 64.7 Å². The molecule has 0 heterocycles. The molecule has 2 unspecified atom stereocenters. The fraction of sp³-hybridized carbons (Fsp3) is 0.294. The Balaban J connectivity index is 2.07. The van der Waals surface area contributed by atoms with E-state index in [2.05, 4.69) is 0 Å². The van der Waals surface area contributed by atoms with E-state index in [4.69, 9.17) is 22.1 Å². The van der Waals surface area contributed by atoms with Crippen molar-refractivity contribution < 1.29 is 18.6 Å². The highest BCUT2D eigenvalue weighted by Gasteiger charge is 2.19. The van der Waals surface area contributed by atoms with Gasteiger partial charge in [0.2, 0.25) is 0 Å². The smallest absolute Gasteiger partial charge is 0.155 e. The monoisotopic (exact) mass is 341 g/mol. The molecule has 0 saturated carbocycles. The van der Waals surface area contributed by atoms with Crippen LogP contribution in [-0.2, 0) is 0 Å². The third-order valence-corrected chi connectivity index (χ3v) is 3.72. The van der Waals surface area contributed by atoms with Crippen LogP contribution in [0.1, 0.15) is 23.3 Å². The lowest BCUT2D eigenvalue weighted by Crippen LogP contribution is -2.21. The van der Waals surface area contributed by atoms with Gasteiger partial charge in [0.1, 0.15) is 19.1 Å². The van der Waals surface area contributed by atoms with Gasteiger partial charge < -0.3 is 15.6 Å². The lowest BCUT2D eigenvalue weighted by atomic mass is 9.96. The first-order chi connectivity index (χ1) is 11.0. The maximum absolute atomic E-state index is 12.4. The van der Waals surface area contributed by atoms with Crippen molar-refractivity contribution in [3.63, 3.8) is 0 Å². The Morgan fingerprint density at radius 3 is 2.00 bits per heavy atom. The third-order valence-electron chi connectivity index (χ3n) is 3.46. The summed E-state index contributed by atoms with van der Waals surface area (Å²) in [6.45, 7) is -1.80. The second-order valence-corrected chi connectivity index (χ2v) is 5.58. The molecule has 2 aromatic rings. The number of alkyl halides is 2. The highest BCUT2D eigenvalue weighted by atomic mass is 35.5. The van der Waals surface area contributed by atoms with Gasteiger partial charge in [-0.2, -0.15) is 0 Å². The molecule has 23 heavy (non-hydrogen) atoms. The van der Waals surface area contributed by atoms with E-state index in [0.717, 1.165) is 5.56 Å². The van der Waals surface area contributed by atoms with E-state index < -0.39 is 31.6 Å². The molecule has 0 aliphatic carbocycles. The number of benzene rings is 2. The first-order valence-corrected chi connectivity index (χ1v) is 7.50. The second kappa shape index (κ2) is 8.24. The van der Waals surface area contributed by atoms with Gasteiger partial charge in [-0.05, 0) is 35.4 Å². The van der Waals surface area contributed by atoms with Crippen LogP contribution in [0.25, 0.3) is 0 Å². The molecular weight excluding hydrogens is 324 g/mol. The van der Waals surface area contributed by atoms with Gasteiger partial charge in [0.25, 0.3) is 0 Å². The molecule has 124 valence electrons. The summed E-state index contributed by atoms with van der Waals surface area (Å²) in [5.41, 5.74) is 7.39. The number of aliphatic hydroxyl groups excluding tert-OH is 1. The molecule has 0 spiro atoms. The quantitative estimate of drug-likeness (QED) is 0.806. The zero-order valence-corrected chi connectivity index (χ0v) is 13.1. The van der Waals surface area contributed by atoms with Crippen molar-refractivity contribution in [3.8, 4) is 5.75 Å². The Morgan fingerprint density at radius 2 is 1.48 bits per heavy atom. The van der Waals surface area contributed by atoms with Crippen LogP contribution in [-0.4, -0.2) is 24.6 Å². The molecule has 0 fully saturated rings. The number of hydrogen-bond donors (Lipinski definition) is 2. The minimum absolute atomic E-state index is 0.335. The van der Waals surface area contributed by atoms with Crippen molar-refractivity contribution in [1.82, 2.24) is 0 Å². The molecule has 0 amide bonds. The van der Waals surface area contributed by atoms with Gasteiger partial charge in [-0.1, -0.05) is 35.9 Å². The standard InChI is InChI=1S/C17H18ClF2NO2/c18-13-5-1-11(2-6-13)16(21)17(22)12-3-7-14(8-4-12)23-15(9-19)10-20/h1-8,15-17,22H,9-10,21H2. The zero-order chi connectivity index (χ0) is 16.8. The largest absolute Gasteiger partial charge is 0.485 e. The van der Waals surface area contributed by atoms with Gasteiger partial charge in [-0.15, -0.1) is 0 Å². The average molecular weight is 342 g/mol. The summed E-state index contributed by atoms with van der Waals surface area (Å²) in [5.74, 6) is 0.335. The average Bonchev–Trinajstić information content (AvgIpc) is 2.59. The molecule has 3 nitrogen and oxygen atoms in total. The molecule has 0 aliphatic heterocycles. The van der Waals surface area contributed by atoms with E-state index in [1.807, 2.05) is 0 Å². The Bertz CT molecular complexity index is 603. The SMILES string of the molecule is NC(c1ccc(Cl)cc1)C(O)c1ccc(OC(CF)CF)cc1. The minimum Gasteiger partial charge on any atom is -0.485 e. The first kappa shape index (κ1) is 17.7. The summed E-state index contributed by atoms with van der Waals surface area (Å²) in [6.07, 6.45) is -2.04. The number of rotatable bonds is 7. The summed E-state index contributed by atoms with van der Waals surface area (Å²) in [4.78, 5) is 0. The summed E-state index contributed by atoms with van der Waals surface area (Å²) in [5, 5.41) is 10.9. The van der Waals surface area contributed by atoms with Gasteiger partial charge in [0, 0.05) is 5.02 Å². The highest BCUT2D eigenvalue weighted by Crippen LogP contribution is 2.28. The molecule has 6 heteroatoms. The van der Waals surface area contributed by atoms with E-state index in [-0.39, 0.29) is 0 Å². The summed E-state index contributed by atoms with van der Waals surface area (Å²) < 4.78 is 30.0. The molecule has 0 saturated heterocycles. The third kappa shape index (κ3) is 4.64. The van der Waals surface area contributed by atoms with Crippen LogP contribution in [0.5, 0.6) is 5.75 Å². The number of nitrogens with two attached hydrogens (primary N) is 1. The zero-order valence-electron chi connectivity index (χ0n) is 12.3.